The van der Waals surface area contributed by atoms with Gasteiger partial charge in [0.25, 0.3) is 0 Å². The average Bonchev–Trinajstić information content (AvgIpc) is 2.45. The average molecular weight is 308 g/mol. The molecule has 6 heteroatoms. The Morgan fingerprint density at radius 3 is 2.32 bits per heavy atom. The topological polar surface area (TPSA) is 35.5 Å². The van der Waals surface area contributed by atoms with Crippen molar-refractivity contribution in [3.05, 3.63) is 66.2 Å². The van der Waals surface area contributed by atoms with Crippen LogP contribution in [0.2, 0.25) is 0 Å². The zero-order chi connectivity index (χ0) is 16.0. The van der Waals surface area contributed by atoms with Crippen LogP contribution in [0.5, 0.6) is 11.5 Å². The summed E-state index contributed by atoms with van der Waals surface area (Å²) in [5.41, 5.74) is 0.381. The van der Waals surface area contributed by atoms with E-state index < -0.39 is 12.3 Å². The van der Waals surface area contributed by atoms with Gasteiger partial charge in [0.15, 0.2) is 0 Å². The van der Waals surface area contributed by atoms with Crippen molar-refractivity contribution in [2.45, 2.75) is 6.36 Å². The minimum atomic E-state index is -4.76. The molecule has 0 saturated carbocycles. The van der Waals surface area contributed by atoms with Gasteiger partial charge < -0.3 is 9.47 Å². The molecule has 0 saturated heterocycles. The molecule has 0 bridgehead atoms. The molecule has 0 aliphatic carbocycles. The third-order valence-corrected chi connectivity index (χ3v) is 2.47. The molecule has 0 spiro atoms. The first-order valence-electron chi connectivity index (χ1n) is 6.23. The summed E-state index contributed by atoms with van der Waals surface area (Å²) < 4.78 is 45.1. The van der Waals surface area contributed by atoms with Crippen molar-refractivity contribution in [1.82, 2.24) is 0 Å². The van der Waals surface area contributed by atoms with Crippen molar-refractivity contribution in [1.29, 1.82) is 0 Å². The van der Waals surface area contributed by atoms with Crippen molar-refractivity contribution in [2.24, 2.45) is 0 Å². The highest BCUT2D eigenvalue weighted by atomic mass is 19.4. The maximum Gasteiger partial charge on any atom is 0.573 e. The van der Waals surface area contributed by atoms with Crippen LogP contribution in [0.1, 0.15) is 5.56 Å². The molecule has 2 rings (SSSR count). The summed E-state index contributed by atoms with van der Waals surface area (Å²) in [7, 11) is 0. The van der Waals surface area contributed by atoms with E-state index in [9.17, 15) is 18.0 Å². The smallest absolute Gasteiger partial charge is 0.423 e. The maximum absolute atomic E-state index is 12.1. The number of para-hydroxylation sites is 1. The minimum absolute atomic E-state index is 0.355. The lowest BCUT2D eigenvalue weighted by atomic mass is 10.2. The number of carbonyl (C=O) groups is 1. The molecule has 0 aliphatic heterocycles. The van der Waals surface area contributed by atoms with E-state index in [2.05, 4.69) is 4.74 Å². The van der Waals surface area contributed by atoms with Crippen LogP contribution in [-0.4, -0.2) is 12.3 Å². The van der Waals surface area contributed by atoms with E-state index in [4.69, 9.17) is 4.74 Å². The third kappa shape index (κ3) is 5.32. The molecular formula is C16H11F3O3. The molecule has 0 unspecified atom stereocenters. The second-order valence-electron chi connectivity index (χ2n) is 4.19. The van der Waals surface area contributed by atoms with Gasteiger partial charge in [-0.05, 0) is 35.9 Å². The monoisotopic (exact) mass is 308 g/mol. The summed E-state index contributed by atoms with van der Waals surface area (Å²) in [4.78, 5) is 11.6. The number of ether oxygens (including phenoxy) is 2. The predicted octanol–water partition coefficient (Wildman–Crippen LogP) is 4.20. The van der Waals surface area contributed by atoms with E-state index in [0.717, 1.165) is 6.08 Å². The zero-order valence-corrected chi connectivity index (χ0v) is 11.2. The quantitative estimate of drug-likeness (QED) is 0.482. The van der Waals surface area contributed by atoms with Gasteiger partial charge in [0.05, 0.1) is 0 Å². The van der Waals surface area contributed by atoms with E-state index >= 15 is 0 Å². The zero-order valence-electron chi connectivity index (χ0n) is 11.2. The van der Waals surface area contributed by atoms with Crippen LogP contribution in [0.25, 0.3) is 6.08 Å². The predicted molar refractivity (Wildman–Crippen MR) is 74.2 cm³/mol. The number of esters is 1. The van der Waals surface area contributed by atoms with Gasteiger partial charge in [-0.1, -0.05) is 30.3 Å². The summed E-state index contributed by atoms with van der Waals surface area (Å²) >= 11 is 0. The Morgan fingerprint density at radius 2 is 1.64 bits per heavy atom. The summed E-state index contributed by atoms with van der Waals surface area (Å²) in [5, 5.41) is 0. The van der Waals surface area contributed by atoms with Crippen LogP contribution in [0.3, 0.4) is 0 Å². The molecular weight excluding hydrogens is 297 g/mol. The van der Waals surface area contributed by atoms with Crippen LogP contribution in [0.15, 0.2) is 60.7 Å². The lowest BCUT2D eigenvalue weighted by Crippen LogP contribution is -2.17. The molecule has 0 aromatic heterocycles. The van der Waals surface area contributed by atoms with Crippen molar-refractivity contribution in [3.8, 4) is 11.5 Å². The largest absolute Gasteiger partial charge is 0.573 e. The molecule has 0 N–H and O–H groups in total. The number of carbonyl (C=O) groups excluding carboxylic acids is 1. The second kappa shape index (κ2) is 6.80. The SMILES string of the molecule is O=C(/C=C/c1cccc(OC(F)(F)F)c1)Oc1ccccc1. The molecule has 3 nitrogen and oxygen atoms in total. The third-order valence-electron chi connectivity index (χ3n) is 2.47. The number of benzene rings is 2. The molecule has 0 heterocycles. The molecule has 0 fully saturated rings. The van der Waals surface area contributed by atoms with Crippen LogP contribution in [-0.2, 0) is 4.79 Å². The minimum Gasteiger partial charge on any atom is -0.423 e. The molecule has 2 aromatic carbocycles. The van der Waals surface area contributed by atoms with Crippen LogP contribution >= 0.6 is 0 Å². The highest BCUT2D eigenvalue weighted by molar-refractivity contribution is 5.88. The van der Waals surface area contributed by atoms with E-state index in [1.54, 1.807) is 30.3 Å². The number of hydrogen-bond acceptors (Lipinski definition) is 3. The Hall–Kier alpha value is -2.76. The molecule has 2 aromatic rings. The van der Waals surface area contributed by atoms with Gasteiger partial charge in [-0.15, -0.1) is 13.2 Å². The highest BCUT2D eigenvalue weighted by Gasteiger charge is 2.30. The summed E-state index contributed by atoms with van der Waals surface area (Å²) in [6, 6.07) is 13.7. The van der Waals surface area contributed by atoms with Gasteiger partial charge >= 0.3 is 12.3 Å². The van der Waals surface area contributed by atoms with Gasteiger partial charge in [-0.3, -0.25) is 0 Å². The van der Waals surface area contributed by atoms with E-state index in [0.29, 0.717) is 11.3 Å². The fourth-order valence-electron chi connectivity index (χ4n) is 1.62. The fraction of sp³-hybridized carbons (Fsp3) is 0.0625. The number of alkyl halides is 3. The van der Waals surface area contributed by atoms with Gasteiger partial charge in [0, 0.05) is 6.08 Å². The molecule has 0 aliphatic rings. The Morgan fingerprint density at radius 1 is 0.955 bits per heavy atom. The second-order valence-corrected chi connectivity index (χ2v) is 4.19. The fourth-order valence-corrected chi connectivity index (χ4v) is 1.62. The van der Waals surface area contributed by atoms with Crippen LogP contribution in [0.4, 0.5) is 13.2 Å². The van der Waals surface area contributed by atoms with Crippen LogP contribution < -0.4 is 9.47 Å². The van der Waals surface area contributed by atoms with E-state index in [1.165, 1.54) is 30.3 Å². The standard InChI is InChI=1S/C16H11F3O3/c17-16(18,19)22-14-8-4-5-12(11-14)9-10-15(20)21-13-6-2-1-3-7-13/h1-11H/b10-9+. The van der Waals surface area contributed by atoms with Gasteiger partial charge in [-0.2, -0.15) is 0 Å². The molecule has 0 amide bonds. The molecule has 0 radical (unpaired) electrons. The van der Waals surface area contributed by atoms with Crippen molar-refractivity contribution in [3.63, 3.8) is 0 Å². The Balaban J connectivity index is 2.00. The summed E-state index contributed by atoms with van der Waals surface area (Å²) in [5.74, 6) is -0.606. The first-order valence-corrected chi connectivity index (χ1v) is 6.23. The number of halogens is 3. The van der Waals surface area contributed by atoms with Crippen molar-refractivity contribution in [2.75, 3.05) is 0 Å². The lowest BCUT2D eigenvalue weighted by molar-refractivity contribution is -0.274. The van der Waals surface area contributed by atoms with E-state index in [1.807, 2.05) is 0 Å². The van der Waals surface area contributed by atoms with Crippen molar-refractivity contribution >= 4 is 12.0 Å². The first-order chi connectivity index (χ1) is 10.4. The number of rotatable bonds is 4. The Kier molecular flexibility index (Phi) is 4.83. The molecule has 0 atom stereocenters. The Bertz CT molecular complexity index is 664. The first kappa shape index (κ1) is 15.6. The lowest BCUT2D eigenvalue weighted by Gasteiger charge is -2.08. The summed E-state index contributed by atoms with van der Waals surface area (Å²) in [6.07, 6.45) is -2.29. The summed E-state index contributed by atoms with van der Waals surface area (Å²) in [6.45, 7) is 0. The van der Waals surface area contributed by atoms with Gasteiger partial charge in [0.2, 0.25) is 0 Å². The normalized spacial score (nSPS) is 11.4. The van der Waals surface area contributed by atoms with Crippen LogP contribution in [0, 0.1) is 0 Å². The Labute approximate surface area is 124 Å². The highest BCUT2D eigenvalue weighted by Crippen LogP contribution is 2.23. The van der Waals surface area contributed by atoms with Gasteiger partial charge in [-0.25, -0.2) is 4.79 Å². The van der Waals surface area contributed by atoms with Crippen molar-refractivity contribution < 1.29 is 27.4 Å². The number of hydrogen-bond donors (Lipinski definition) is 0. The molecule has 22 heavy (non-hydrogen) atoms. The van der Waals surface area contributed by atoms with E-state index in [-0.39, 0.29) is 5.75 Å². The maximum atomic E-state index is 12.1. The van der Waals surface area contributed by atoms with Gasteiger partial charge in [0.1, 0.15) is 11.5 Å². The molecule has 114 valence electrons.